The maximum atomic E-state index is 12.3. The van der Waals surface area contributed by atoms with Crippen LogP contribution in [0.2, 0.25) is 0 Å². The van der Waals surface area contributed by atoms with Gasteiger partial charge >= 0.3 is 0 Å². The van der Waals surface area contributed by atoms with Gasteiger partial charge in [-0.3, -0.25) is 5.10 Å². The fraction of sp³-hybridized carbons (Fsp3) is 0.364. The topological polar surface area (TPSA) is 92.1 Å². The van der Waals surface area contributed by atoms with Crippen LogP contribution in [0.3, 0.4) is 0 Å². The van der Waals surface area contributed by atoms with Crippen molar-refractivity contribution in [1.29, 1.82) is 0 Å². The van der Waals surface area contributed by atoms with Crippen molar-refractivity contribution in [2.24, 2.45) is 0 Å². The Morgan fingerprint density at radius 2 is 2.00 bits per heavy atom. The monoisotopic (exact) mass is 268 g/mol. The molecular formula is C11H16N4O2S. The van der Waals surface area contributed by atoms with Gasteiger partial charge in [-0.05, 0) is 18.2 Å². The summed E-state index contributed by atoms with van der Waals surface area (Å²) in [6.07, 6.45) is 0. The number of sulfonamides is 1. The minimum Gasteiger partial charge on any atom is -0.382 e. The molecule has 1 aromatic heterocycles. The van der Waals surface area contributed by atoms with Crippen LogP contribution in [0.1, 0.15) is 13.8 Å². The lowest BCUT2D eigenvalue weighted by Crippen LogP contribution is -2.30. The van der Waals surface area contributed by atoms with E-state index in [0.717, 1.165) is 5.52 Å². The number of rotatable bonds is 4. The first-order valence-electron chi connectivity index (χ1n) is 5.74. The van der Waals surface area contributed by atoms with Gasteiger partial charge in [-0.1, -0.05) is 13.8 Å². The summed E-state index contributed by atoms with van der Waals surface area (Å²) < 4.78 is 26.1. The van der Waals surface area contributed by atoms with Crippen molar-refractivity contribution in [2.75, 3.05) is 18.8 Å². The van der Waals surface area contributed by atoms with Gasteiger partial charge in [-0.15, -0.1) is 0 Å². The molecule has 6 nitrogen and oxygen atoms in total. The van der Waals surface area contributed by atoms with Crippen LogP contribution >= 0.6 is 0 Å². The van der Waals surface area contributed by atoms with Crippen LogP contribution in [-0.2, 0) is 10.0 Å². The number of H-pyrrole nitrogens is 1. The molecule has 0 radical (unpaired) electrons. The third kappa shape index (κ3) is 1.95. The smallest absolute Gasteiger partial charge is 0.243 e. The van der Waals surface area contributed by atoms with Crippen molar-refractivity contribution in [1.82, 2.24) is 14.5 Å². The normalized spacial score (nSPS) is 12.4. The maximum Gasteiger partial charge on any atom is 0.243 e. The lowest BCUT2D eigenvalue weighted by molar-refractivity contribution is 0.445. The number of hydrogen-bond donors (Lipinski definition) is 2. The Hall–Kier alpha value is -1.60. The molecule has 1 aromatic carbocycles. The van der Waals surface area contributed by atoms with Crippen molar-refractivity contribution in [3.63, 3.8) is 0 Å². The molecule has 2 aromatic rings. The number of aromatic nitrogens is 2. The Morgan fingerprint density at radius 3 is 2.61 bits per heavy atom. The Balaban J connectivity index is 2.57. The Kier molecular flexibility index (Phi) is 3.27. The predicted octanol–water partition coefficient (Wildman–Crippen LogP) is 1.18. The molecule has 0 spiro atoms. The molecule has 0 atom stereocenters. The molecule has 1 heterocycles. The van der Waals surface area contributed by atoms with Crippen LogP contribution in [-0.4, -0.2) is 36.0 Å². The molecule has 0 aliphatic rings. The van der Waals surface area contributed by atoms with E-state index < -0.39 is 10.0 Å². The summed E-state index contributed by atoms with van der Waals surface area (Å²) in [5.74, 6) is 0.307. The van der Waals surface area contributed by atoms with E-state index in [1.807, 2.05) is 13.8 Å². The number of anilines is 1. The number of nitrogens with zero attached hydrogens (tertiary/aromatic N) is 2. The summed E-state index contributed by atoms with van der Waals surface area (Å²) in [6, 6.07) is 4.80. The van der Waals surface area contributed by atoms with Crippen LogP contribution < -0.4 is 5.73 Å². The molecule has 3 N–H and O–H groups in total. The molecule has 0 saturated carbocycles. The van der Waals surface area contributed by atoms with E-state index in [2.05, 4.69) is 10.2 Å². The lowest BCUT2D eigenvalue weighted by atomic mass is 10.2. The highest BCUT2D eigenvalue weighted by Gasteiger charge is 2.22. The van der Waals surface area contributed by atoms with E-state index in [4.69, 9.17) is 5.73 Å². The minimum atomic E-state index is -3.45. The van der Waals surface area contributed by atoms with Crippen molar-refractivity contribution in [3.8, 4) is 0 Å². The lowest BCUT2D eigenvalue weighted by Gasteiger charge is -2.18. The first-order valence-corrected chi connectivity index (χ1v) is 7.18. The minimum absolute atomic E-state index is 0.242. The van der Waals surface area contributed by atoms with Crippen LogP contribution in [0.5, 0.6) is 0 Å². The molecule has 18 heavy (non-hydrogen) atoms. The third-order valence-electron chi connectivity index (χ3n) is 2.91. The molecule has 0 unspecified atom stereocenters. The molecule has 0 aliphatic carbocycles. The third-order valence-corrected chi connectivity index (χ3v) is 4.95. The van der Waals surface area contributed by atoms with Gasteiger partial charge in [0, 0.05) is 18.5 Å². The van der Waals surface area contributed by atoms with Gasteiger partial charge in [0.05, 0.1) is 10.4 Å². The van der Waals surface area contributed by atoms with Gasteiger partial charge in [0.1, 0.15) is 0 Å². The first kappa shape index (κ1) is 12.8. The zero-order chi connectivity index (χ0) is 13.3. The van der Waals surface area contributed by atoms with Gasteiger partial charge in [0.2, 0.25) is 10.0 Å². The average molecular weight is 268 g/mol. The number of hydrogen-bond acceptors (Lipinski definition) is 4. The fourth-order valence-corrected chi connectivity index (χ4v) is 3.37. The van der Waals surface area contributed by atoms with Crippen molar-refractivity contribution < 1.29 is 8.42 Å². The first-order chi connectivity index (χ1) is 8.50. The highest BCUT2D eigenvalue weighted by Crippen LogP contribution is 2.23. The zero-order valence-electron chi connectivity index (χ0n) is 10.3. The maximum absolute atomic E-state index is 12.3. The van der Waals surface area contributed by atoms with E-state index in [1.165, 1.54) is 4.31 Å². The van der Waals surface area contributed by atoms with Crippen LogP contribution in [0, 0.1) is 0 Å². The second-order valence-corrected chi connectivity index (χ2v) is 5.84. The molecule has 2 rings (SSSR count). The second kappa shape index (κ2) is 4.58. The molecule has 98 valence electrons. The molecular weight excluding hydrogens is 252 g/mol. The van der Waals surface area contributed by atoms with Gasteiger partial charge in [0.25, 0.3) is 0 Å². The number of aromatic amines is 1. The summed E-state index contributed by atoms with van der Waals surface area (Å²) in [5, 5.41) is 7.22. The molecule has 0 saturated heterocycles. The number of fused-ring (bicyclic) bond motifs is 1. The van der Waals surface area contributed by atoms with Gasteiger partial charge in [0.15, 0.2) is 5.82 Å². The predicted molar refractivity (Wildman–Crippen MR) is 70.6 cm³/mol. The van der Waals surface area contributed by atoms with Crippen LogP contribution in [0.15, 0.2) is 23.1 Å². The Morgan fingerprint density at radius 1 is 1.33 bits per heavy atom. The highest BCUT2D eigenvalue weighted by molar-refractivity contribution is 7.89. The quantitative estimate of drug-likeness (QED) is 0.870. The van der Waals surface area contributed by atoms with E-state index in [1.54, 1.807) is 18.2 Å². The fourth-order valence-electron chi connectivity index (χ4n) is 1.89. The van der Waals surface area contributed by atoms with Crippen molar-refractivity contribution >= 4 is 26.7 Å². The largest absolute Gasteiger partial charge is 0.382 e. The summed E-state index contributed by atoms with van der Waals surface area (Å²) >= 11 is 0. The summed E-state index contributed by atoms with van der Waals surface area (Å²) in [4.78, 5) is 0.242. The van der Waals surface area contributed by atoms with E-state index >= 15 is 0 Å². The summed E-state index contributed by atoms with van der Waals surface area (Å²) in [7, 11) is -3.45. The number of benzene rings is 1. The van der Waals surface area contributed by atoms with E-state index in [-0.39, 0.29) is 4.90 Å². The van der Waals surface area contributed by atoms with Gasteiger partial charge in [-0.25, -0.2) is 8.42 Å². The molecule has 0 aliphatic heterocycles. The van der Waals surface area contributed by atoms with Gasteiger partial charge < -0.3 is 5.73 Å². The average Bonchev–Trinajstić information content (AvgIpc) is 2.72. The molecule has 0 fully saturated rings. The second-order valence-electron chi connectivity index (χ2n) is 3.91. The highest BCUT2D eigenvalue weighted by atomic mass is 32.2. The van der Waals surface area contributed by atoms with E-state index in [0.29, 0.717) is 24.3 Å². The SMILES string of the molecule is CCN(CC)S(=O)(=O)c1ccc2[nH]nc(N)c2c1. The molecule has 7 heteroatoms. The zero-order valence-corrected chi connectivity index (χ0v) is 11.2. The number of nitrogens with two attached hydrogens (primary N) is 1. The molecule has 0 amide bonds. The van der Waals surface area contributed by atoms with Gasteiger partial charge in [-0.2, -0.15) is 9.40 Å². The van der Waals surface area contributed by atoms with Crippen molar-refractivity contribution in [2.45, 2.75) is 18.7 Å². The molecule has 0 bridgehead atoms. The Labute approximate surface area is 106 Å². The number of nitrogens with one attached hydrogen (secondary N) is 1. The standard InChI is InChI=1S/C11H16N4O2S/c1-3-15(4-2)18(16,17)8-5-6-10-9(7-8)11(12)14-13-10/h5-7H,3-4H2,1-2H3,(H3,12,13,14). The number of nitrogen functional groups attached to an aromatic ring is 1. The Bertz CT molecular complexity index is 659. The van der Waals surface area contributed by atoms with Crippen LogP contribution in [0.25, 0.3) is 10.9 Å². The van der Waals surface area contributed by atoms with Crippen molar-refractivity contribution in [3.05, 3.63) is 18.2 Å². The summed E-state index contributed by atoms with van der Waals surface area (Å²) in [6.45, 7) is 4.51. The van der Waals surface area contributed by atoms with E-state index in [9.17, 15) is 8.42 Å². The van der Waals surface area contributed by atoms with Crippen LogP contribution in [0.4, 0.5) is 5.82 Å². The summed E-state index contributed by atoms with van der Waals surface area (Å²) in [5.41, 5.74) is 6.41.